The number of carbonyl (C=O) groups is 2. The highest BCUT2D eigenvalue weighted by Gasteiger charge is 2.14. The molecule has 0 heterocycles. The summed E-state index contributed by atoms with van der Waals surface area (Å²) >= 11 is 9.28. The Labute approximate surface area is 169 Å². The molecule has 0 aromatic heterocycles. The lowest BCUT2D eigenvalue weighted by Gasteiger charge is -2.14. The summed E-state index contributed by atoms with van der Waals surface area (Å²) in [6.45, 7) is 1.54. The number of hydrogen-bond donors (Lipinski definition) is 2. The number of amides is 1. The lowest BCUT2D eigenvalue weighted by atomic mass is 10.1. The van der Waals surface area contributed by atoms with E-state index in [9.17, 15) is 14.7 Å². The Bertz CT molecular complexity index is 880. The molecule has 0 radical (unpaired) electrons. The number of rotatable bonds is 7. The maximum Gasteiger partial charge on any atom is 0.352 e. The predicted octanol–water partition coefficient (Wildman–Crippen LogP) is 4.25. The van der Waals surface area contributed by atoms with Gasteiger partial charge in [-0.3, -0.25) is 4.79 Å². The molecule has 2 aromatic rings. The standard InChI is InChI=1S/C19H17BrClNO5/c1-11(23)22-16(19(24)25)8-13-7-15(20)18(17(9-13)26-2)27-10-12-3-5-14(21)6-4-12/h3-9H,10H2,1-2H3,(H,22,23)(H,24,25). The Hall–Kier alpha value is -2.51. The molecule has 2 rings (SSSR count). The second kappa shape index (κ2) is 9.43. The fourth-order valence-corrected chi connectivity index (χ4v) is 2.91. The van der Waals surface area contributed by atoms with Crippen molar-refractivity contribution in [3.63, 3.8) is 0 Å². The van der Waals surface area contributed by atoms with E-state index in [1.807, 2.05) is 12.1 Å². The Morgan fingerprint density at radius 2 is 1.93 bits per heavy atom. The van der Waals surface area contributed by atoms with Crippen LogP contribution in [0.4, 0.5) is 0 Å². The molecule has 2 aromatic carbocycles. The minimum absolute atomic E-state index is 0.244. The lowest BCUT2D eigenvalue weighted by Crippen LogP contribution is -2.24. The van der Waals surface area contributed by atoms with Crippen LogP contribution in [0.1, 0.15) is 18.1 Å². The number of ether oxygens (including phenoxy) is 2. The summed E-state index contributed by atoms with van der Waals surface area (Å²) in [6.07, 6.45) is 1.33. The van der Waals surface area contributed by atoms with Crippen LogP contribution in [0.3, 0.4) is 0 Å². The Morgan fingerprint density at radius 1 is 1.26 bits per heavy atom. The molecule has 0 saturated heterocycles. The number of carboxylic acids is 1. The van der Waals surface area contributed by atoms with Crippen LogP contribution in [0, 0.1) is 0 Å². The third-order valence-corrected chi connectivity index (χ3v) is 4.24. The molecule has 8 heteroatoms. The van der Waals surface area contributed by atoms with Crippen molar-refractivity contribution in [2.45, 2.75) is 13.5 Å². The monoisotopic (exact) mass is 453 g/mol. The molecule has 6 nitrogen and oxygen atoms in total. The number of halogens is 2. The van der Waals surface area contributed by atoms with Crippen LogP contribution in [-0.4, -0.2) is 24.1 Å². The van der Waals surface area contributed by atoms with Gasteiger partial charge in [-0.25, -0.2) is 4.79 Å². The van der Waals surface area contributed by atoms with Gasteiger partial charge in [0.15, 0.2) is 11.5 Å². The smallest absolute Gasteiger partial charge is 0.352 e. The molecule has 0 bridgehead atoms. The number of aliphatic carboxylic acids is 1. The molecule has 0 aliphatic rings. The van der Waals surface area contributed by atoms with Gasteiger partial charge in [-0.1, -0.05) is 23.7 Å². The van der Waals surface area contributed by atoms with E-state index in [0.29, 0.717) is 33.2 Å². The third-order valence-electron chi connectivity index (χ3n) is 3.40. The summed E-state index contributed by atoms with van der Waals surface area (Å²) in [5.74, 6) is -0.834. The molecule has 1 amide bonds. The van der Waals surface area contributed by atoms with Gasteiger partial charge in [0.2, 0.25) is 5.91 Å². The highest BCUT2D eigenvalue weighted by molar-refractivity contribution is 9.10. The Morgan fingerprint density at radius 3 is 2.48 bits per heavy atom. The van der Waals surface area contributed by atoms with Crippen LogP contribution in [0.15, 0.2) is 46.6 Å². The van der Waals surface area contributed by atoms with E-state index in [1.54, 1.807) is 24.3 Å². The van der Waals surface area contributed by atoms with Crippen molar-refractivity contribution in [2.75, 3.05) is 7.11 Å². The van der Waals surface area contributed by atoms with E-state index in [-0.39, 0.29) is 5.70 Å². The molecule has 0 aliphatic heterocycles. The first kappa shape index (κ1) is 20.8. The summed E-state index contributed by atoms with van der Waals surface area (Å²) < 4.78 is 11.8. The molecule has 0 fully saturated rings. The predicted molar refractivity (Wildman–Crippen MR) is 106 cm³/mol. The number of carbonyl (C=O) groups excluding carboxylic acids is 1. The molecular weight excluding hydrogens is 438 g/mol. The number of benzene rings is 2. The molecular formula is C19H17BrClNO5. The SMILES string of the molecule is COc1cc(C=C(NC(C)=O)C(=O)O)cc(Br)c1OCc1ccc(Cl)cc1. The van der Waals surface area contributed by atoms with Crippen molar-refractivity contribution in [1.82, 2.24) is 5.32 Å². The number of nitrogens with one attached hydrogen (secondary N) is 1. The van der Waals surface area contributed by atoms with Gasteiger partial charge < -0.3 is 19.9 Å². The fourth-order valence-electron chi connectivity index (χ4n) is 2.21. The Balaban J connectivity index is 2.29. The molecule has 142 valence electrons. The maximum atomic E-state index is 11.3. The first-order valence-corrected chi connectivity index (χ1v) is 8.94. The van der Waals surface area contributed by atoms with Gasteiger partial charge in [-0.2, -0.15) is 0 Å². The second-order valence-electron chi connectivity index (χ2n) is 5.49. The van der Waals surface area contributed by atoms with E-state index in [2.05, 4.69) is 21.2 Å². The van der Waals surface area contributed by atoms with Crippen LogP contribution >= 0.6 is 27.5 Å². The normalized spacial score (nSPS) is 11.0. The molecule has 0 atom stereocenters. The van der Waals surface area contributed by atoms with E-state index in [0.717, 1.165) is 5.56 Å². The zero-order valence-electron chi connectivity index (χ0n) is 14.6. The van der Waals surface area contributed by atoms with Crippen LogP contribution in [-0.2, 0) is 16.2 Å². The van der Waals surface area contributed by atoms with Crippen molar-refractivity contribution in [2.24, 2.45) is 0 Å². The first-order valence-electron chi connectivity index (χ1n) is 7.77. The van der Waals surface area contributed by atoms with E-state index in [4.69, 9.17) is 21.1 Å². The molecule has 0 spiro atoms. The topological polar surface area (TPSA) is 84.9 Å². The third kappa shape index (κ3) is 6.01. The zero-order chi connectivity index (χ0) is 20.0. The maximum absolute atomic E-state index is 11.3. The van der Waals surface area contributed by atoms with Gasteiger partial charge >= 0.3 is 5.97 Å². The minimum Gasteiger partial charge on any atom is -0.493 e. The van der Waals surface area contributed by atoms with Crippen molar-refractivity contribution in [3.05, 3.63) is 62.7 Å². The largest absolute Gasteiger partial charge is 0.493 e. The van der Waals surface area contributed by atoms with Gasteiger partial charge in [0, 0.05) is 11.9 Å². The van der Waals surface area contributed by atoms with Crippen molar-refractivity contribution in [3.8, 4) is 11.5 Å². The van der Waals surface area contributed by atoms with Gasteiger partial charge in [-0.05, 0) is 57.4 Å². The van der Waals surface area contributed by atoms with E-state index >= 15 is 0 Å². The molecule has 0 unspecified atom stereocenters. The van der Waals surface area contributed by atoms with Gasteiger partial charge in [0.25, 0.3) is 0 Å². The molecule has 0 aliphatic carbocycles. The first-order chi connectivity index (χ1) is 12.8. The van der Waals surface area contributed by atoms with Crippen LogP contribution in [0.2, 0.25) is 5.02 Å². The molecule has 0 saturated carbocycles. The van der Waals surface area contributed by atoms with E-state index < -0.39 is 11.9 Å². The van der Waals surface area contributed by atoms with Gasteiger partial charge in [0.1, 0.15) is 12.3 Å². The lowest BCUT2D eigenvalue weighted by molar-refractivity contribution is -0.134. The van der Waals surface area contributed by atoms with Crippen LogP contribution < -0.4 is 14.8 Å². The summed E-state index contributed by atoms with van der Waals surface area (Å²) in [4.78, 5) is 22.4. The second-order valence-corrected chi connectivity index (χ2v) is 6.78. The minimum atomic E-state index is -1.25. The average molecular weight is 455 g/mol. The van der Waals surface area contributed by atoms with Gasteiger partial charge in [0.05, 0.1) is 11.6 Å². The van der Waals surface area contributed by atoms with E-state index in [1.165, 1.54) is 20.1 Å². The van der Waals surface area contributed by atoms with Crippen LogP contribution in [0.25, 0.3) is 6.08 Å². The highest BCUT2D eigenvalue weighted by Crippen LogP contribution is 2.37. The number of hydrogen-bond acceptors (Lipinski definition) is 4. The van der Waals surface area contributed by atoms with Crippen molar-refractivity contribution >= 4 is 45.5 Å². The van der Waals surface area contributed by atoms with Gasteiger partial charge in [-0.15, -0.1) is 0 Å². The van der Waals surface area contributed by atoms with Crippen molar-refractivity contribution in [1.29, 1.82) is 0 Å². The highest BCUT2D eigenvalue weighted by atomic mass is 79.9. The number of carboxylic acid groups (broad SMARTS) is 1. The Kier molecular flexibility index (Phi) is 7.27. The molecule has 27 heavy (non-hydrogen) atoms. The quantitative estimate of drug-likeness (QED) is 0.611. The zero-order valence-corrected chi connectivity index (χ0v) is 16.9. The average Bonchev–Trinajstić information content (AvgIpc) is 2.60. The number of methoxy groups -OCH3 is 1. The molecule has 2 N–H and O–H groups in total. The summed E-state index contributed by atoms with van der Waals surface area (Å²) in [5, 5.41) is 12.1. The van der Waals surface area contributed by atoms with Crippen LogP contribution in [0.5, 0.6) is 11.5 Å². The summed E-state index contributed by atoms with van der Waals surface area (Å²) in [6, 6.07) is 10.5. The van der Waals surface area contributed by atoms with Crippen molar-refractivity contribution < 1.29 is 24.2 Å². The summed E-state index contributed by atoms with van der Waals surface area (Å²) in [5.41, 5.74) is 1.20. The summed E-state index contributed by atoms with van der Waals surface area (Å²) in [7, 11) is 1.48. The fraction of sp³-hybridized carbons (Fsp3) is 0.158.